The molecule has 6 heteroatoms. The average Bonchev–Trinajstić information content (AvgIpc) is 3.28. The van der Waals surface area contributed by atoms with Crippen LogP contribution < -0.4 is 0 Å². The standard InChI is InChI=1S/C57H106O6/c1-4-7-10-13-16-19-22-24-26-28-30-32-35-38-41-44-47-50-56(59)62-53-54(52-61-55(58)49-46-43-40-37-34-21-18-15-12-9-6-3)63-57(60)51-48-45-42-39-36-33-31-29-27-25-23-20-17-14-11-8-5-2/h16,19,24,26,54H,4-15,17-18,20-23,25,27-53H2,1-3H3/b19-16-,26-24-/t54-/m1/s1. The predicted molar refractivity (Wildman–Crippen MR) is 270 cm³/mol. The van der Waals surface area contributed by atoms with E-state index in [-0.39, 0.29) is 31.1 Å². The Labute approximate surface area is 392 Å². The molecule has 0 heterocycles. The Morgan fingerprint density at radius 1 is 0.317 bits per heavy atom. The van der Waals surface area contributed by atoms with Crippen LogP contribution in [-0.4, -0.2) is 37.2 Å². The first kappa shape index (κ1) is 60.9. The first-order valence-electron chi connectivity index (χ1n) is 27.8. The lowest BCUT2D eigenvalue weighted by Gasteiger charge is -2.18. The van der Waals surface area contributed by atoms with Crippen LogP contribution in [0, 0.1) is 0 Å². The minimum atomic E-state index is -0.768. The lowest BCUT2D eigenvalue weighted by molar-refractivity contribution is -0.167. The number of esters is 3. The van der Waals surface area contributed by atoms with E-state index in [4.69, 9.17) is 14.2 Å². The largest absolute Gasteiger partial charge is 0.462 e. The quantitative estimate of drug-likeness (QED) is 0.0262. The van der Waals surface area contributed by atoms with Gasteiger partial charge in [-0.25, -0.2) is 0 Å². The molecule has 6 nitrogen and oxygen atoms in total. The SMILES string of the molecule is CCCCC/C=C\C/C=C\CCCCCCCCCC(=O)OC[C@@H](COC(=O)CCCCCCCCCCCCC)OC(=O)CCCCCCCCCCCCCCCCCCC. The van der Waals surface area contributed by atoms with Gasteiger partial charge < -0.3 is 14.2 Å². The van der Waals surface area contributed by atoms with Gasteiger partial charge in [-0.1, -0.05) is 257 Å². The van der Waals surface area contributed by atoms with Crippen LogP contribution in [0.2, 0.25) is 0 Å². The van der Waals surface area contributed by atoms with E-state index in [2.05, 4.69) is 45.1 Å². The second-order valence-electron chi connectivity index (χ2n) is 18.9. The first-order chi connectivity index (χ1) is 31.0. The van der Waals surface area contributed by atoms with Gasteiger partial charge in [-0.05, 0) is 51.4 Å². The summed E-state index contributed by atoms with van der Waals surface area (Å²) in [5.74, 6) is -0.859. The van der Waals surface area contributed by atoms with Crippen molar-refractivity contribution in [3.05, 3.63) is 24.3 Å². The van der Waals surface area contributed by atoms with Crippen LogP contribution in [-0.2, 0) is 28.6 Å². The van der Waals surface area contributed by atoms with Gasteiger partial charge in [0.1, 0.15) is 13.2 Å². The molecule has 0 fully saturated rings. The van der Waals surface area contributed by atoms with Crippen LogP contribution >= 0.6 is 0 Å². The highest BCUT2D eigenvalue weighted by Gasteiger charge is 2.19. The third-order valence-corrected chi connectivity index (χ3v) is 12.5. The first-order valence-corrected chi connectivity index (χ1v) is 27.8. The highest BCUT2D eigenvalue weighted by molar-refractivity contribution is 5.71. The van der Waals surface area contributed by atoms with Crippen LogP contribution in [0.1, 0.15) is 303 Å². The van der Waals surface area contributed by atoms with E-state index in [1.54, 1.807) is 0 Å². The maximum Gasteiger partial charge on any atom is 0.306 e. The predicted octanol–water partition coefficient (Wildman–Crippen LogP) is 18.3. The normalized spacial score (nSPS) is 12.1. The molecule has 0 unspecified atom stereocenters. The number of carbonyl (C=O) groups excluding carboxylic acids is 3. The number of ether oxygens (including phenoxy) is 3. The molecule has 0 spiro atoms. The molecule has 0 aliphatic rings. The summed E-state index contributed by atoms with van der Waals surface area (Å²) in [6, 6.07) is 0. The minimum Gasteiger partial charge on any atom is -0.462 e. The van der Waals surface area contributed by atoms with E-state index in [1.807, 2.05) is 0 Å². The summed E-state index contributed by atoms with van der Waals surface area (Å²) in [5.41, 5.74) is 0. The second-order valence-corrected chi connectivity index (χ2v) is 18.9. The van der Waals surface area contributed by atoms with Gasteiger partial charge in [0.05, 0.1) is 0 Å². The summed E-state index contributed by atoms with van der Waals surface area (Å²) >= 11 is 0. The molecule has 0 bridgehead atoms. The Morgan fingerprint density at radius 2 is 0.571 bits per heavy atom. The van der Waals surface area contributed by atoms with Gasteiger partial charge in [0.15, 0.2) is 6.10 Å². The van der Waals surface area contributed by atoms with Gasteiger partial charge in [0.2, 0.25) is 0 Å². The molecule has 0 aromatic rings. The monoisotopic (exact) mass is 887 g/mol. The Balaban J connectivity index is 4.31. The highest BCUT2D eigenvalue weighted by Crippen LogP contribution is 2.17. The summed E-state index contributed by atoms with van der Waals surface area (Å²) in [5, 5.41) is 0. The van der Waals surface area contributed by atoms with Gasteiger partial charge in [-0.2, -0.15) is 0 Å². The zero-order chi connectivity index (χ0) is 45.8. The summed E-state index contributed by atoms with van der Waals surface area (Å²) in [6.07, 6.45) is 60.2. The van der Waals surface area contributed by atoms with E-state index in [9.17, 15) is 14.4 Å². The van der Waals surface area contributed by atoms with Crippen molar-refractivity contribution in [2.45, 2.75) is 309 Å². The number of hydrogen-bond acceptors (Lipinski definition) is 6. The maximum absolute atomic E-state index is 12.8. The molecule has 0 rings (SSSR count). The lowest BCUT2D eigenvalue weighted by atomic mass is 10.0. The van der Waals surface area contributed by atoms with E-state index >= 15 is 0 Å². The van der Waals surface area contributed by atoms with Crippen molar-refractivity contribution in [1.82, 2.24) is 0 Å². The van der Waals surface area contributed by atoms with Crippen molar-refractivity contribution in [2.24, 2.45) is 0 Å². The number of carbonyl (C=O) groups is 3. The van der Waals surface area contributed by atoms with Gasteiger partial charge in [-0.3, -0.25) is 14.4 Å². The molecule has 0 aliphatic carbocycles. The molecule has 0 radical (unpaired) electrons. The third-order valence-electron chi connectivity index (χ3n) is 12.5. The number of rotatable bonds is 51. The zero-order valence-corrected chi connectivity index (χ0v) is 42.4. The van der Waals surface area contributed by atoms with E-state index < -0.39 is 6.10 Å². The summed E-state index contributed by atoms with van der Waals surface area (Å²) < 4.78 is 16.8. The fraction of sp³-hybridized carbons (Fsp3) is 0.877. The van der Waals surface area contributed by atoms with Gasteiger partial charge in [0.25, 0.3) is 0 Å². The van der Waals surface area contributed by atoms with E-state index in [0.717, 1.165) is 70.6 Å². The Bertz CT molecular complexity index is 1020. The van der Waals surface area contributed by atoms with Crippen molar-refractivity contribution in [3.63, 3.8) is 0 Å². The molecule has 63 heavy (non-hydrogen) atoms. The molecule has 0 aromatic carbocycles. The van der Waals surface area contributed by atoms with Gasteiger partial charge in [0, 0.05) is 19.3 Å². The maximum atomic E-state index is 12.8. The number of unbranched alkanes of at least 4 members (excludes halogenated alkanes) is 36. The molecule has 0 saturated heterocycles. The van der Waals surface area contributed by atoms with Crippen molar-refractivity contribution >= 4 is 17.9 Å². The summed E-state index contributed by atoms with van der Waals surface area (Å²) in [7, 11) is 0. The van der Waals surface area contributed by atoms with E-state index in [0.29, 0.717) is 19.3 Å². The van der Waals surface area contributed by atoms with Crippen LogP contribution in [0.25, 0.3) is 0 Å². The molecule has 0 amide bonds. The second kappa shape index (κ2) is 52.5. The summed E-state index contributed by atoms with van der Waals surface area (Å²) in [6.45, 7) is 6.64. The third kappa shape index (κ3) is 50.7. The van der Waals surface area contributed by atoms with Crippen molar-refractivity contribution < 1.29 is 28.6 Å². The highest BCUT2D eigenvalue weighted by atomic mass is 16.6. The molecule has 0 aromatic heterocycles. The van der Waals surface area contributed by atoms with Crippen LogP contribution in [0.3, 0.4) is 0 Å². The Morgan fingerprint density at radius 3 is 0.905 bits per heavy atom. The molecule has 370 valence electrons. The molecule has 0 aliphatic heterocycles. The number of allylic oxidation sites excluding steroid dienone is 4. The lowest BCUT2D eigenvalue weighted by Crippen LogP contribution is -2.30. The van der Waals surface area contributed by atoms with Crippen molar-refractivity contribution in [2.75, 3.05) is 13.2 Å². The molecule has 1 atom stereocenters. The van der Waals surface area contributed by atoms with Crippen molar-refractivity contribution in [3.8, 4) is 0 Å². The van der Waals surface area contributed by atoms with Crippen LogP contribution in [0.4, 0.5) is 0 Å². The number of hydrogen-bond donors (Lipinski definition) is 0. The Hall–Kier alpha value is -2.11. The smallest absolute Gasteiger partial charge is 0.306 e. The van der Waals surface area contributed by atoms with Crippen LogP contribution in [0.15, 0.2) is 24.3 Å². The fourth-order valence-corrected chi connectivity index (χ4v) is 8.24. The van der Waals surface area contributed by atoms with Gasteiger partial charge in [-0.15, -0.1) is 0 Å². The molecular weight excluding hydrogens is 781 g/mol. The summed E-state index contributed by atoms with van der Waals surface area (Å²) in [4.78, 5) is 38.0. The molecule has 0 saturated carbocycles. The average molecular weight is 887 g/mol. The van der Waals surface area contributed by atoms with Gasteiger partial charge >= 0.3 is 17.9 Å². The van der Waals surface area contributed by atoms with Crippen molar-refractivity contribution in [1.29, 1.82) is 0 Å². The molecular formula is C57H106O6. The van der Waals surface area contributed by atoms with E-state index in [1.165, 1.54) is 193 Å². The zero-order valence-electron chi connectivity index (χ0n) is 42.4. The minimum absolute atomic E-state index is 0.0686. The Kier molecular flexibility index (Phi) is 50.8. The van der Waals surface area contributed by atoms with Crippen LogP contribution in [0.5, 0.6) is 0 Å². The fourth-order valence-electron chi connectivity index (χ4n) is 8.24. The molecule has 0 N–H and O–H groups in total. The topological polar surface area (TPSA) is 78.9 Å².